The number of carbonyl (C=O) groups is 2. The van der Waals surface area contributed by atoms with Gasteiger partial charge < -0.3 is 14.8 Å². The Balaban J connectivity index is 1.75. The number of amides is 1. The zero-order valence-electron chi connectivity index (χ0n) is 14.6. The fourth-order valence-electron chi connectivity index (χ4n) is 2.58. The first-order valence-electron chi connectivity index (χ1n) is 8.22. The summed E-state index contributed by atoms with van der Waals surface area (Å²) in [6, 6.07) is 6.78. The molecular formula is C18H26N2O4. The first-order valence-corrected chi connectivity index (χ1v) is 8.22. The van der Waals surface area contributed by atoms with Gasteiger partial charge in [0.2, 0.25) is 0 Å². The molecule has 1 heterocycles. The Morgan fingerprint density at radius 1 is 1.21 bits per heavy atom. The Labute approximate surface area is 143 Å². The van der Waals surface area contributed by atoms with E-state index in [-0.39, 0.29) is 23.8 Å². The number of ether oxygens (including phenoxy) is 2. The number of Topliss-reactive ketones (excluding diaryl/α,β-unsaturated/α-hetero) is 1. The second-order valence-electron chi connectivity index (χ2n) is 6.56. The standard InChI is InChI=1S/C18H26N2O4/c1-14(21)15-4-6-16(7-5-15)24-12-17(22)19-13-18(2,3)20-8-10-23-11-9-20/h4-7H,8-13H2,1-3H3,(H,19,22). The average molecular weight is 334 g/mol. The van der Waals surface area contributed by atoms with Gasteiger partial charge in [0.25, 0.3) is 5.91 Å². The molecule has 1 aromatic carbocycles. The molecule has 6 nitrogen and oxygen atoms in total. The molecule has 1 aliphatic heterocycles. The molecule has 2 rings (SSSR count). The van der Waals surface area contributed by atoms with Crippen molar-refractivity contribution in [3.63, 3.8) is 0 Å². The quantitative estimate of drug-likeness (QED) is 0.765. The van der Waals surface area contributed by atoms with Crippen molar-refractivity contribution in [3.8, 4) is 5.75 Å². The Hall–Kier alpha value is -1.92. The van der Waals surface area contributed by atoms with Crippen molar-refractivity contribution < 1.29 is 19.1 Å². The maximum Gasteiger partial charge on any atom is 0.258 e. The largest absolute Gasteiger partial charge is 0.484 e. The summed E-state index contributed by atoms with van der Waals surface area (Å²) in [5, 5.41) is 2.92. The van der Waals surface area contributed by atoms with Crippen LogP contribution in [0.15, 0.2) is 24.3 Å². The van der Waals surface area contributed by atoms with E-state index in [9.17, 15) is 9.59 Å². The minimum absolute atomic E-state index is 0.00429. The highest BCUT2D eigenvalue weighted by molar-refractivity contribution is 5.94. The van der Waals surface area contributed by atoms with Crippen LogP contribution in [0.25, 0.3) is 0 Å². The lowest BCUT2D eigenvalue weighted by molar-refractivity contribution is -0.123. The van der Waals surface area contributed by atoms with E-state index in [1.807, 2.05) is 0 Å². The van der Waals surface area contributed by atoms with E-state index in [1.165, 1.54) is 6.92 Å². The molecule has 1 aromatic rings. The third-order valence-corrected chi connectivity index (χ3v) is 4.22. The van der Waals surface area contributed by atoms with E-state index < -0.39 is 0 Å². The van der Waals surface area contributed by atoms with Crippen molar-refractivity contribution in [2.24, 2.45) is 0 Å². The maximum absolute atomic E-state index is 12.0. The zero-order chi connectivity index (χ0) is 17.6. The van der Waals surface area contributed by atoms with Crippen LogP contribution in [0.5, 0.6) is 5.75 Å². The van der Waals surface area contributed by atoms with Gasteiger partial charge in [-0.3, -0.25) is 14.5 Å². The molecule has 1 aliphatic rings. The lowest BCUT2D eigenvalue weighted by Crippen LogP contribution is -2.55. The van der Waals surface area contributed by atoms with Crippen molar-refractivity contribution >= 4 is 11.7 Å². The smallest absolute Gasteiger partial charge is 0.258 e. The Morgan fingerprint density at radius 3 is 2.42 bits per heavy atom. The van der Waals surface area contributed by atoms with E-state index in [2.05, 4.69) is 24.1 Å². The molecule has 132 valence electrons. The van der Waals surface area contributed by atoms with Crippen LogP contribution in [-0.2, 0) is 9.53 Å². The summed E-state index contributed by atoms with van der Waals surface area (Å²) < 4.78 is 10.8. The van der Waals surface area contributed by atoms with E-state index in [4.69, 9.17) is 9.47 Å². The third kappa shape index (κ3) is 5.32. The van der Waals surface area contributed by atoms with E-state index in [0.717, 1.165) is 26.3 Å². The summed E-state index contributed by atoms with van der Waals surface area (Å²) in [4.78, 5) is 25.5. The third-order valence-electron chi connectivity index (χ3n) is 4.22. The lowest BCUT2D eigenvalue weighted by atomic mass is 10.0. The highest BCUT2D eigenvalue weighted by Gasteiger charge is 2.28. The molecule has 1 fully saturated rings. The van der Waals surface area contributed by atoms with Crippen LogP contribution in [0.2, 0.25) is 0 Å². The highest BCUT2D eigenvalue weighted by atomic mass is 16.5. The van der Waals surface area contributed by atoms with Gasteiger partial charge in [0.1, 0.15) is 5.75 Å². The number of carbonyl (C=O) groups excluding carboxylic acids is 2. The topological polar surface area (TPSA) is 67.9 Å². The molecule has 24 heavy (non-hydrogen) atoms. The van der Waals surface area contributed by atoms with E-state index >= 15 is 0 Å². The predicted molar refractivity (Wildman–Crippen MR) is 91.4 cm³/mol. The fourth-order valence-corrected chi connectivity index (χ4v) is 2.58. The Kier molecular flexibility index (Phi) is 6.34. The van der Waals surface area contributed by atoms with Crippen LogP contribution in [0.1, 0.15) is 31.1 Å². The van der Waals surface area contributed by atoms with Gasteiger partial charge in [-0.25, -0.2) is 0 Å². The molecule has 1 amide bonds. The summed E-state index contributed by atoms with van der Waals surface area (Å²) in [5.41, 5.74) is 0.502. The lowest BCUT2D eigenvalue weighted by Gasteiger charge is -2.40. The number of rotatable bonds is 7. The van der Waals surface area contributed by atoms with E-state index in [0.29, 0.717) is 17.9 Å². The molecule has 0 radical (unpaired) electrons. The number of ketones is 1. The monoisotopic (exact) mass is 334 g/mol. The molecule has 0 bridgehead atoms. The highest BCUT2D eigenvalue weighted by Crippen LogP contribution is 2.15. The minimum Gasteiger partial charge on any atom is -0.484 e. The van der Waals surface area contributed by atoms with Crippen LogP contribution < -0.4 is 10.1 Å². The Bertz CT molecular complexity index is 563. The van der Waals surface area contributed by atoms with E-state index in [1.54, 1.807) is 24.3 Å². The van der Waals surface area contributed by atoms with Gasteiger partial charge in [-0.15, -0.1) is 0 Å². The van der Waals surface area contributed by atoms with Gasteiger partial charge in [-0.05, 0) is 45.0 Å². The van der Waals surface area contributed by atoms with Crippen LogP contribution in [0, 0.1) is 0 Å². The number of hydrogen-bond acceptors (Lipinski definition) is 5. The van der Waals surface area contributed by atoms with Gasteiger partial charge in [0.15, 0.2) is 12.4 Å². The SMILES string of the molecule is CC(=O)c1ccc(OCC(=O)NCC(C)(C)N2CCOCC2)cc1. The summed E-state index contributed by atoms with van der Waals surface area (Å²) in [5.74, 6) is 0.416. The summed E-state index contributed by atoms with van der Waals surface area (Å²) >= 11 is 0. The van der Waals surface area contributed by atoms with Crippen LogP contribution in [0.4, 0.5) is 0 Å². The summed E-state index contributed by atoms with van der Waals surface area (Å²) in [6.07, 6.45) is 0. The van der Waals surface area contributed by atoms with Crippen molar-refractivity contribution in [3.05, 3.63) is 29.8 Å². The van der Waals surface area contributed by atoms with Crippen molar-refractivity contribution in [1.82, 2.24) is 10.2 Å². The first kappa shape index (κ1) is 18.4. The molecule has 0 atom stereocenters. The van der Waals surface area contributed by atoms with Gasteiger partial charge in [0.05, 0.1) is 13.2 Å². The van der Waals surface area contributed by atoms with Crippen LogP contribution in [-0.4, -0.2) is 61.6 Å². The normalized spacial score (nSPS) is 15.8. The molecule has 0 spiro atoms. The summed E-state index contributed by atoms with van der Waals surface area (Å²) in [7, 11) is 0. The van der Waals surface area contributed by atoms with Gasteiger partial charge >= 0.3 is 0 Å². The van der Waals surface area contributed by atoms with Gasteiger partial charge in [-0.1, -0.05) is 0 Å². The zero-order valence-corrected chi connectivity index (χ0v) is 14.6. The van der Waals surface area contributed by atoms with Gasteiger partial charge in [0, 0.05) is 30.7 Å². The van der Waals surface area contributed by atoms with Crippen molar-refractivity contribution in [2.45, 2.75) is 26.3 Å². The molecule has 0 saturated carbocycles. The molecule has 0 unspecified atom stereocenters. The number of nitrogens with zero attached hydrogens (tertiary/aromatic N) is 1. The molecular weight excluding hydrogens is 308 g/mol. The average Bonchev–Trinajstić information content (AvgIpc) is 2.59. The number of benzene rings is 1. The number of morpholine rings is 1. The van der Waals surface area contributed by atoms with Crippen LogP contribution in [0.3, 0.4) is 0 Å². The fraction of sp³-hybridized carbons (Fsp3) is 0.556. The van der Waals surface area contributed by atoms with Crippen molar-refractivity contribution in [2.75, 3.05) is 39.5 Å². The molecule has 1 saturated heterocycles. The molecule has 0 aromatic heterocycles. The predicted octanol–water partition coefficient (Wildman–Crippen LogP) is 1.49. The van der Waals surface area contributed by atoms with Crippen molar-refractivity contribution in [1.29, 1.82) is 0 Å². The molecule has 1 N–H and O–H groups in total. The van der Waals surface area contributed by atoms with Crippen LogP contribution >= 0.6 is 0 Å². The number of nitrogens with one attached hydrogen (secondary N) is 1. The summed E-state index contributed by atoms with van der Waals surface area (Å²) in [6.45, 7) is 9.47. The number of hydrogen-bond donors (Lipinski definition) is 1. The first-order chi connectivity index (χ1) is 11.4. The minimum atomic E-state index is -0.160. The van der Waals surface area contributed by atoms with Gasteiger partial charge in [-0.2, -0.15) is 0 Å². The molecule has 0 aliphatic carbocycles. The second-order valence-corrected chi connectivity index (χ2v) is 6.56. The Morgan fingerprint density at radius 2 is 1.83 bits per heavy atom. The second kappa shape index (κ2) is 8.26. The maximum atomic E-state index is 12.0. The molecule has 6 heteroatoms.